The van der Waals surface area contributed by atoms with Crippen molar-refractivity contribution in [2.24, 2.45) is 11.1 Å². The van der Waals surface area contributed by atoms with Gasteiger partial charge >= 0.3 is 11.7 Å². The van der Waals surface area contributed by atoms with E-state index in [9.17, 15) is 19.3 Å². The van der Waals surface area contributed by atoms with Gasteiger partial charge in [0.25, 0.3) is 5.56 Å². The number of aliphatic carboxylic acids is 1. The molecule has 9 heteroatoms. The van der Waals surface area contributed by atoms with Crippen molar-refractivity contribution in [3.63, 3.8) is 0 Å². The van der Waals surface area contributed by atoms with Crippen molar-refractivity contribution >= 4 is 17.5 Å². The second-order valence-electron chi connectivity index (χ2n) is 3.64. The fourth-order valence-electron chi connectivity index (χ4n) is 1.45. The van der Waals surface area contributed by atoms with E-state index < -0.39 is 34.6 Å². The number of aromatic amines is 1. The van der Waals surface area contributed by atoms with E-state index in [4.69, 9.17) is 10.8 Å². The molecule has 0 aliphatic carbocycles. The summed E-state index contributed by atoms with van der Waals surface area (Å²) in [7, 11) is 0. The van der Waals surface area contributed by atoms with Crippen LogP contribution in [0.2, 0.25) is 0 Å². The molecule has 4 N–H and O–H groups in total. The lowest BCUT2D eigenvalue weighted by atomic mass is 10.1. The Hall–Kier alpha value is -2.45. The van der Waals surface area contributed by atoms with Crippen LogP contribution in [-0.4, -0.2) is 20.6 Å². The molecule has 0 saturated carbocycles. The maximum absolute atomic E-state index is 11.5. The molecule has 0 aliphatic rings. The number of carboxylic acid groups (broad SMARTS) is 1. The number of nitrogens with two attached hydrogens (primary N) is 1. The first-order valence-corrected chi connectivity index (χ1v) is 5.11. The van der Waals surface area contributed by atoms with Crippen LogP contribution in [0.5, 0.6) is 0 Å². The molecule has 1 aromatic heterocycles. The second kappa shape index (κ2) is 5.25. The molecule has 0 aromatic carbocycles. The molecule has 1 atom stereocenters. The fourth-order valence-corrected chi connectivity index (χ4v) is 1.45. The lowest BCUT2D eigenvalue weighted by Gasteiger charge is -2.13. The highest BCUT2D eigenvalue weighted by atomic mass is 16.4. The normalized spacial score (nSPS) is 12.1. The Bertz CT molecular complexity index is 588. The van der Waals surface area contributed by atoms with E-state index in [1.807, 2.05) is 4.98 Å². The zero-order chi connectivity index (χ0) is 13.9. The molecule has 0 saturated heterocycles. The highest BCUT2D eigenvalue weighted by molar-refractivity contribution is 5.70. The van der Waals surface area contributed by atoms with E-state index >= 15 is 0 Å². The number of nitroso groups, excluding NO2 is 1. The van der Waals surface area contributed by atoms with Gasteiger partial charge in [-0.2, -0.15) is 0 Å². The van der Waals surface area contributed by atoms with Crippen molar-refractivity contribution in [2.45, 2.75) is 19.9 Å². The molecule has 98 valence electrons. The van der Waals surface area contributed by atoms with Crippen molar-refractivity contribution in [3.8, 4) is 0 Å². The van der Waals surface area contributed by atoms with Gasteiger partial charge in [0.15, 0.2) is 0 Å². The summed E-state index contributed by atoms with van der Waals surface area (Å²) in [6.07, 6.45) is 0.268. The quantitative estimate of drug-likeness (QED) is 0.612. The van der Waals surface area contributed by atoms with Crippen LogP contribution in [0.15, 0.2) is 14.8 Å². The molecular weight excluding hydrogens is 244 g/mol. The smallest absolute Gasteiger partial charge is 0.330 e. The molecule has 1 unspecified atom stereocenters. The number of anilines is 1. The third-order valence-corrected chi connectivity index (χ3v) is 2.55. The number of aromatic nitrogens is 2. The third-order valence-electron chi connectivity index (χ3n) is 2.55. The zero-order valence-corrected chi connectivity index (χ0v) is 9.54. The largest absolute Gasteiger partial charge is 0.481 e. The Morgan fingerprint density at radius 3 is 2.61 bits per heavy atom. The van der Waals surface area contributed by atoms with Gasteiger partial charge in [0.2, 0.25) is 5.69 Å². The minimum atomic E-state index is -1.10. The van der Waals surface area contributed by atoms with Gasteiger partial charge in [-0.1, -0.05) is 6.92 Å². The first-order valence-electron chi connectivity index (χ1n) is 5.11. The van der Waals surface area contributed by atoms with E-state index in [-0.39, 0.29) is 13.0 Å². The molecule has 1 aromatic rings. The summed E-state index contributed by atoms with van der Waals surface area (Å²) in [5.74, 6) is -2.38. The van der Waals surface area contributed by atoms with Crippen LogP contribution in [0.4, 0.5) is 11.5 Å². The summed E-state index contributed by atoms with van der Waals surface area (Å²) < 4.78 is 0.820. The van der Waals surface area contributed by atoms with Crippen molar-refractivity contribution in [1.82, 2.24) is 9.55 Å². The van der Waals surface area contributed by atoms with Crippen LogP contribution < -0.4 is 17.0 Å². The molecule has 1 heterocycles. The van der Waals surface area contributed by atoms with Crippen molar-refractivity contribution in [2.75, 3.05) is 5.73 Å². The Labute approximate surface area is 100 Å². The lowest BCUT2D eigenvalue weighted by Crippen LogP contribution is -2.35. The van der Waals surface area contributed by atoms with Gasteiger partial charge in [-0.3, -0.25) is 19.1 Å². The fraction of sp³-hybridized carbons (Fsp3) is 0.444. The Kier molecular flexibility index (Phi) is 3.97. The van der Waals surface area contributed by atoms with E-state index in [1.54, 1.807) is 6.92 Å². The molecule has 0 amide bonds. The number of hydrogen-bond donors (Lipinski definition) is 3. The van der Waals surface area contributed by atoms with Gasteiger partial charge < -0.3 is 10.8 Å². The summed E-state index contributed by atoms with van der Waals surface area (Å²) in [6.45, 7) is 1.39. The number of carboxylic acids is 1. The van der Waals surface area contributed by atoms with Crippen LogP contribution >= 0.6 is 0 Å². The van der Waals surface area contributed by atoms with E-state index in [2.05, 4.69) is 5.18 Å². The molecule has 0 bridgehead atoms. The number of nitrogen functional groups attached to an aromatic ring is 1. The second-order valence-corrected chi connectivity index (χ2v) is 3.64. The van der Waals surface area contributed by atoms with Crippen LogP contribution in [-0.2, 0) is 11.3 Å². The van der Waals surface area contributed by atoms with Crippen LogP contribution in [0, 0.1) is 10.8 Å². The molecule has 0 aliphatic heterocycles. The summed E-state index contributed by atoms with van der Waals surface area (Å²) in [4.78, 5) is 45.8. The number of hydrogen-bond acceptors (Lipinski definition) is 6. The Balaban J connectivity index is 3.33. The van der Waals surface area contributed by atoms with E-state index in [0.29, 0.717) is 0 Å². The van der Waals surface area contributed by atoms with Gasteiger partial charge in [-0.25, -0.2) is 4.79 Å². The topological polar surface area (TPSA) is 148 Å². The zero-order valence-electron chi connectivity index (χ0n) is 9.54. The van der Waals surface area contributed by atoms with Gasteiger partial charge in [0, 0.05) is 6.54 Å². The number of nitrogens with one attached hydrogen (secondary N) is 1. The molecule has 0 spiro atoms. The lowest BCUT2D eigenvalue weighted by molar-refractivity contribution is -0.142. The molecule has 1 rings (SSSR count). The molecule has 0 radical (unpaired) electrons. The van der Waals surface area contributed by atoms with E-state index in [1.165, 1.54) is 0 Å². The highest BCUT2D eigenvalue weighted by Gasteiger charge is 2.20. The van der Waals surface area contributed by atoms with Crippen LogP contribution in [0.1, 0.15) is 13.3 Å². The summed E-state index contributed by atoms with van der Waals surface area (Å²) in [6, 6.07) is 0. The molecule has 18 heavy (non-hydrogen) atoms. The number of nitrogens with zero attached hydrogens (tertiary/aromatic N) is 2. The maximum atomic E-state index is 11.5. The molecule has 0 fully saturated rings. The van der Waals surface area contributed by atoms with Crippen LogP contribution in [0.3, 0.4) is 0 Å². The maximum Gasteiger partial charge on any atom is 0.330 e. The Morgan fingerprint density at radius 1 is 1.56 bits per heavy atom. The monoisotopic (exact) mass is 256 g/mol. The predicted molar refractivity (Wildman–Crippen MR) is 62.6 cm³/mol. The SMILES string of the molecule is CCC(Cn1c(N)c(N=O)c(=O)[nH]c1=O)C(=O)O. The Morgan fingerprint density at radius 2 is 2.17 bits per heavy atom. The molecule has 9 nitrogen and oxygen atoms in total. The number of H-pyrrole nitrogens is 1. The number of carbonyl (C=O) groups is 1. The average Bonchev–Trinajstić information content (AvgIpc) is 2.28. The van der Waals surface area contributed by atoms with Crippen molar-refractivity contribution < 1.29 is 9.90 Å². The van der Waals surface area contributed by atoms with Crippen LogP contribution in [0.25, 0.3) is 0 Å². The first-order chi connectivity index (χ1) is 8.42. The van der Waals surface area contributed by atoms with E-state index in [0.717, 1.165) is 4.57 Å². The van der Waals surface area contributed by atoms with Gasteiger partial charge in [0.05, 0.1) is 5.92 Å². The minimum Gasteiger partial charge on any atom is -0.481 e. The third kappa shape index (κ3) is 2.44. The summed E-state index contributed by atoms with van der Waals surface area (Å²) >= 11 is 0. The summed E-state index contributed by atoms with van der Waals surface area (Å²) in [5.41, 5.74) is 2.96. The van der Waals surface area contributed by atoms with Crippen molar-refractivity contribution in [1.29, 1.82) is 0 Å². The van der Waals surface area contributed by atoms with Gasteiger partial charge in [-0.05, 0) is 11.6 Å². The first kappa shape index (κ1) is 13.6. The molecular formula is C9H12N4O5. The summed E-state index contributed by atoms with van der Waals surface area (Å²) in [5, 5.41) is 11.3. The van der Waals surface area contributed by atoms with Crippen molar-refractivity contribution in [3.05, 3.63) is 25.7 Å². The number of rotatable bonds is 5. The minimum absolute atomic E-state index is 0.240. The van der Waals surface area contributed by atoms with Gasteiger partial charge in [0.1, 0.15) is 5.82 Å². The predicted octanol–water partition coefficient (Wildman–Crippen LogP) is -0.373. The van der Waals surface area contributed by atoms with Gasteiger partial charge in [-0.15, -0.1) is 4.91 Å². The average molecular weight is 256 g/mol. The standard InChI is InChI=1S/C9H12N4O5/c1-2-4(8(15)16)3-13-6(10)5(12-18)7(14)11-9(13)17/h4H,2-3,10H2,1H3,(H,15,16)(H,11,14,17). The highest BCUT2D eigenvalue weighted by Crippen LogP contribution is 2.15.